The number of benzene rings is 2. The van der Waals surface area contributed by atoms with Gasteiger partial charge in [0.25, 0.3) is 0 Å². The summed E-state index contributed by atoms with van der Waals surface area (Å²) in [5.74, 6) is 0.445. The van der Waals surface area contributed by atoms with E-state index >= 15 is 0 Å². The molecular formula is C20H21ClO3. The molecule has 0 radical (unpaired) electrons. The van der Waals surface area contributed by atoms with Gasteiger partial charge in [0.15, 0.2) is 0 Å². The molecule has 2 rings (SSSR count). The summed E-state index contributed by atoms with van der Waals surface area (Å²) in [5, 5.41) is 0.651. The average molecular weight is 345 g/mol. The number of carbonyl (C=O) groups excluding carboxylic acids is 1. The Labute approximate surface area is 147 Å². The number of hydrogen-bond donors (Lipinski definition) is 0. The second-order valence-corrected chi connectivity index (χ2v) is 5.63. The third-order valence-corrected chi connectivity index (χ3v) is 3.59. The van der Waals surface area contributed by atoms with Crippen LogP contribution >= 0.6 is 11.6 Å². The van der Waals surface area contributed by atoms with E-state index in [1.54, 1.807) is 19.1 Å². The van der Waals surface area contributed by atoms with E-state index in [2.05, 4.69) is 6.92 Å². The third-order valence-electron chi connectivity index (χ3n) is 3.34. The predicted molar refractivity (Wildman–Crippen MR) is 97.4 cm³/mol. The van der Waals surface area contributed by atoms with Gasteiger partial charge in [0, 0.05) is 11.1 Å². The van der Waals surface area contributed by atoms with Crippen molar-refractivity contribution in [3.05, 3.63) is 70.8 Å². The van der Waals surface area contributed by atoms with E-state index in [1.807, 2.05) is 36.4 Å². The largest absolute Gasteiger partial charge is 0.494 e. The Balaban J connectivity index is 2.34. The molecule has 0 atom stereocenters. The van der Waals surface area contributed by atoms with E-state index in [9.17, 15) is 4.79 Å². The van der Waals surface area contributed by atoms with Crippen LogP contribution in [0.4, 0.5) is 0 Å². The standard InChI is InChI=1S/C20H21ClO3/c1-3-13-24-18-11-7-16(8-12-18)19(14-20(22)23-4-2)15-5-9-17(21)10-6-15/h5-12,14H,3-4,13H2,1-2H3/b19-14-. The van der Waals surface area contributed by atoms with Crippen molar-refractivity contribution in [2.45, 2.75) is 20.3 Å². The van der Waals surface area contributed by atoms with Crippen LogP contribution in [0.2, 0.25) is 5.02 Å². The Morgan fingerprint density at radius 1 is 1.00 bits per heavy atom. The monoisotopic (exact) mass is 344 g/mol. The first-order chi connectivity index (χ1) is 11.6. The average Bonchev–Trinajstić information content (AvgIpc) is 2.60. The van der Waals surface area contributed by atoms with E-state index in [0.717, 1.165) is 28.9 Å². The number of esters is 1. The highest BCUT2D eigenvalue weighted by atomic mass is 35.5. The molecule has 0 unspecified atom stereocenters. The van der Waals surface area contributed by atoms with Gasteiger partial charge in [-0.2, -0.15) is 0 Å². The second kappa shape index (κ2) is 9.14. The third kappa shape index (κ3) is 5.14. The Kier molecular flexibility index (Phi) is 6.89. The molecule has 4 heteroatoms. The number of ether oxygens (including phenoxy) is 2. The van der Waals surface area contributed by atoms with Gasteiger partial charge >= 0.3 is 5.97 Å². The molecule has 0 aliphatic rings. The SMILES string of the molecule is CCCOc1ccc(/C(=C\C(=O)OCC)c2ccc(Cl)cc2)cc1. The van der Waals surface area contributed by atoms with Crippen molar-refractivity contribution in [3.8, 4) is 5.75 Å². The Bertz CT molecular complexity index is 688. The van der Waals surface area contributed by atoms with Gasteiger partial charge in [-0.3, -0.25) is 0 Å². The fraction of sp³-hybridized carbons (Fsp3) is 0.250. The normalized spacial score (nSPS) is 11.2. The Hall–Kier alpha value is -2.26. The van der Waals surface area contributed by atoms with Crippen LogP contribution in [0.25, 0.3) is 5.57 Å². The zero-order valence-corrected chi connectivity index (χ0v) is 14.7. The summed E-state index contributed by atoms with van der Waals surface area (Å²) >= 11 is 5.96. The summed E-state index contributed by atoms with van der Waals surface area (Å²) < 4.78 is 10.7. The molecule has 0 fully saturated rings. The molecule has 3 nitrogen and oxygen atoms in total. The number of carbonyl (C=O) groups is 1. The van der Waals surface area contributed by atoms with E-state index in [-0.39, 0.29) is 5.97 Å². The maximum atomic E-state index is 11.9. The smallest absolute Gasteiger partial charge is 0.331 e. The van der Waals surface area contributed by atoms with Crippen molar-refractivity contribution in [3.63, 3.8) is 0 Å². The molecule has 0 bridgehead atoms. The van der Waals surface area contributed by atoms with Gasteiger partial charge in [-0.15, -0.1) is 0 Å². The van der Waals surface area contributed by atoms with Crippen LogP contribution in [-0.4, -0.2) is 19.2 Å². The highest BCUT2D eigenvalue weighted by Gasteiger charge is 2.09. The van der Waals surface area contributed by atoms with Crippen LogP contribution in [0.3, 0.4) is 0 Å². The summed E-state index contributed by atoms with van der Waals surface area (Å²) in [4.78, 5) is 11.9. The van der Waals surface area contributed by atoms with Crippen LogP contribution in [0.15, 0.2) is 54.6 Å². The van der Waals surface area contributed by atoms with E-state index < -0.39 is 0 Å². The van der Waals surface area contributed by atoms with Gasteiger partial charge in [-0.05, 0) is 54.3 Å². The maximum Gasteiger partial charge on any atom is 0.331 e. The van der Waals surface area contributed by atoms with Crippen molar-refractivity contribution in [1.82, 2.24) is 0 Å². The zero-order valence-electron chi connectivity index (χ0n) is 13.9. The van der Waals surface area contributed by atoms with Gasteiger partial charge in [0.05, 0.1) is 13.2 Å². The van der Waals surface area contributed by atoms with Crippen LogP contribution in [0.1, 0.15) is 31.4 Å². The molecular weight excluding hydrogens is 324 g/mol. The summed E-state index contributed by atoms with van der Waals surface area (Å²) in [5.41, 5.74) is 2.59. The molecule has 2 aromatic rings. The lowest BCUT2D eigenvalue weighted by Gasteiger charge is -2.10. The van der Waals surface area contributed by atoms with Crippen molar-refractivity contribution in [1.29, 1.82) is 0 Å². The second-order valence-electron chi connectivity index (χ2n) is 5.19. The highest BCUT2D eigenvalue weighted by molar-refractivity contribution is 6.30. The fourth-order valence-corrected chi connectivity index (χ4v) is 2.34. The molecule has 0 aliphatic carbocycles. The van der Waals surface area contributed by atoms with Crippen LogP contribution in [0.5, 0.6) is 5.75 Å². The predicted octanol–water partition coefficient (Wildman–Crippen LogP) is 5.12. The molecule has 0 amide bonds. The summed E-state index contributed by atoms with van der Waals surface area (Å²) in [6.07, 6.45) is 2.47. The minimum Gasteiger partial charge on any atom is -0.494 e. The van der Waals surface area contributed by atoms with Crippen LogP contribution in [-0.2, 0) is 9.53 Å². The minimum atomic E-state index is -0.367. The van der Waals surface area contributed by atoms with E-state index in [0.29, 0.717) is 18.2 Å². The van der Waals surface area contributed by atoms with Crippen molar-refractivity contribution in [2.24, 2.45) is 0 Å². The number of halogens is 1. The molecule has 0 aliphatic heterocycles. The molecule has 0 aromatic heterocycles. The maximum absolute atomic E-state index is 11.9. The lowest BCUT2D eigenvalue weighted by Crippen LogP contribution is -2.02. The lowest BCUT2D eigenvalue weighted by molar-refractivity contribution is -0.137. The molecule has 0 spiro atoms. The van der Waals surface area contributed by atoms with Gasteiger partial charge in [-0.25, -0.2) is 4.79 Å². The highest BCUT2D eigenvalue weighted by Crippen LogP contribution is 2.26. The van der Waals surface area contributed by atoms with Gasteiger partial charge in [-0.1, -0.05) is 42.8 Å². The van der Waals surface area contributed by atoms with Crippen LogP contribution < -0.4 is 4.74 Å². The van der Waals surface area contributed by atoms with Crippen molar-refractivity contribution >= 4 is 23.1 Å². The first kappa shape index (κ1) is 18.1. The molecule has 0 N–H and O–H groups in total. The first-order valence-corrected chi connectivity index (χ1v) is 8.39. The van der Waals surface area contributed by atoms with Crippen LogP contribution in [0, 0.1) is 0 Å². The molecule has 126 valence electrons. The molecule has 0 heterocycles. The first-order valence-electron chi connectivity index (χ1n) is 8.01. The Morgan fingerprint density at radius 3 is 2.12 bits per heavy atom. The van der Waals surface area contributed by atoms with Crippen molar-refractivity contribution < 1.29 is 14.3 Å². The number of hydrogen-bond acceptors (Lipinski definition) is 3. The summed E-state index contributed by atoms with van der Waals surface area (Å²) in [6.45, 7) is 4.87. The molecule has 0 saturated heterocycles. The van der Waals surface area contributed by atoms with Gasteiger partial charge in [0.1, 0.15) is 5.75 Å². The van der Waals surface area contributed by atoms with Gasteiger partial charge in [0.2, 0.25) is 0 Å². The van der Waals surface area contributed by atoms with Crippen molar-refractivity contribution in [2.75, 3.05) is 13.2 Å². The topological polar surface area (TPSA) is 35.5 Å². The van der Waals surface area contributed by atoms with Gasteiger partial charge < -0.3 is 9.47 Å². The van der Waals surface area contributed by atoms with E-state index in [1.165, 1.54) is 6.08 Å². The quantitative estimate of drug-likeness (QED) is 0.516. The Morgan fingerprint density at radius 2 is 1.58 bits per heavy atom. The number of rotatable bonds is 7. The summed E-state index contributed by atoms with van der Waals surface area (Å²) in [6, 6.07) is 15.0. The molecule has 2 aromatic carbocycles. The van der Waals surface area contributed by atoms with E-state index in [4.69, 9.17) is 21.1 Å². The lowest BCUT2D eigenvalue weighted by atomic mass is 9.97. The molecule has 24 heavy (non-hydrogen) atoms. The minimum absolute atomic E-state index is 0.340. The molecule has 0 saturated carbocycles. The summed E-state index contributed by atoms with van der Waals surface area (Å²) in [7, 11) is 0. The zero-order chi connectivity index (χ0) is 17.4. The fourth-order valence-electron chi connectivity index (χ4n) is 2.22.